The Labute approximate surface area is 132 Å². The van der Waals surface area contributed by atoms with Gasteiger partial charge in [-0.05, 0) is 61.8 Å². The molecule has 2 unspecified atom stereocenters. The summed E-state index contributed by atoms with van der Waals surface area (Å²) in [6, 6.07) is 0. The summed E-state index contributed by atoms with van der Waals surface area (Å²) in [5.41, 5.74) is 12.8. The van der Waals surface area contributed by atoms with Gasteiger partial charge in [-0.3, -0.25) is 4.79 Å². The molecule has 0 fully saturated rings. The molecule has 0 spiro atoms. The van der Waals surface area contributed by atoms with Crippen LogP contribution >= 0.6 is 0 Å². The van der Waals surface area contributed by atoms with Gasteiger partial charge in [-0.2, -0.15) is 0 Å². The van der Waals surface area contributed by atoms with Crippen LogP contribution in [0.3, 0.4) is 0 Å². The zero-order valence-electron chi connectivity index (χ0n) is 13.6. The first-order chi connectivity index (χ1) is 10.5. The largest absolute Gasteiger partial charge is 0.324 e. The van der Waals surface area contributed by atoms with Crippen LogP contribution in [0.25, 0.3) is 0 Å². The van der Waals surface area contributed by atoms with Crippen molar-refractivity contribution >= 4 is 5.78 Å². The van der Waals surface area contributed by atoms with E-state index in [1.165, 1.54) is 11.1 Å². The number of hydrogen-bond acceptors (Lipinski definition) is 2. The van der Waals surface area contributed by atoms with Crippen LogP contribution < -0.4 is 5.73 Å². The second kappa shape index (κ2) is 4.55. The fourth-order valence-electron chi connectivity index (χ4n) is 5.20. The van der Waals surface area contributed by atoms with E-state index in [2.05, 4.69) is 26.0 Å². The molecule has 2 nitrogen and oxygen atoms in total. The molecule has 0 aromatic heterocycles. The van der Waals surface area contributed by atoms with Gasteiger partial charge < -0.3 is 5.73 Å². The van der Waals surface area contributed by atoms with Gasteiger partial charge in [-0.1, -0.05) is 37.1 Å². The second-order valence-electron chi connectivity index (χ2n) is 7.63. The smallest absolute Gasteiger partial charge is 0.178 e. The van der Waals surface area contributed by atoms with Crippen molar-refractivity contribution in [2.45, 2.75) is 57.9 Å². The lowest BCUT2D eigenvalue weighted by atomic mass is 9.58. The van der Waals surface area contributed by atoms with Crippen LogP contribution in [0.4, 0.5) is 0 Å². The van der Waals surface area contributed by atoms with Crippen molar-refractivity contribution in [3.05, 3.63) is 46.6 Å². The molecule has 4 aliphatic rings. The Balaban J connectivity index is 1.78. The van der Waals surface area contributed by atoms with Gasteiger partial charge in [0.05, 0.1) is 0 Å². The fourth-order valence-corrected chi connectivity index (χ4v) is 5.20. The third kappa shape index (κ3) is 1.68. The van der Waals surface area contributed by atoms with Crippen molar-refractivity contribution in [3.63, 3.8) is 0 Å². The SMILES string of the molecule is CC[C@@]1(N)CC=C2C3=C(CCC21C)C1C=CC(=O)C=C1CC3. The van der Waals surface area contributed by atoms with Crippen LogP contribution in [0.2, 0.25) is 0 Å². The maximum atomic E-state index is 11.6. The molecule has 0 radical (unpaired) electrons. The van der Waals surface area contributed by atoms with E-state index in [0.29, 0.717) is 5.92 Å². The summed E-state index contributed by atoms with van der Waals surface area (Å²) in [4.78, 5) is 11.6. The predicted molar refractivity (Wildman–Crippen MR) is 89.2 cm³/mol. The molecule has 4 aliphatic carbocycles. The third-order valence-corrected chi connectivity index (χ3v) is 6.82. The first-order valence-corrected chi connectivity index (χ1v) is 8.63. The highest BCUT2D eigenvalue weighted by atomic mass is 16.1. The molecular formula is C20H25NO. The number of rotatable bonds is 1. The Hall–Kier alpha value is -1.41. The number of carbonyl (C=O) groups excluding carboxylic acids is 1. The van der Waals surface area contributed by atoms with Gasteiger partial charge in [0.1, 0.15) is 0 Å². The summed E-state index contributed by atoms with van der Waals surface area (Å²) in [7, 11) is 0. The van der Waals surface area contributed by atoms with E-state index in [1.54, 1.807) is 17.2 Å². The summed E-state index contributed by atoms with van der Waals surface area (Å²) >= 11 is 0. The van der Waals surface area contributed by atoms with Crippen LogP contribution in [0, 0.1) is 11.3 Å². The van der Waals surface area contributed by atoms with E-state index in [4.69, 9.17) is 5.73 Å². The van der Waals surface area contributed by atoms with E-state index >= 15 is 0 Å². The predicted octanol–water partition coefficient (Wildman–Crippen LogP) is 4.00. The van der Waals surface area contributed by atoms with Gasteiger partial charge >= 0.3 is 0 Å². The minimum atomic E-state index is -0.0741. The number of nitrogens with two attached hydrogens (primary N) is 1. The van der Waals surface area contributed by atoms with E-state index in [-0.39, 0.29) is 16.7 Å². The molecule has 0 saturated carbocycles. The molecule has 2 N–H and O–H groups in total. The summed E-state index contributed by atoms with van der Waals surface area (Å²) in [5, 5.41) is 0. The zero-order valence-corrected chi connectivity index (χ0v) is 13.6. The van der Waals surface area contributed by atoms with Crippen molar-refractivity contribution in [2.75, 3.05) is 0 Å². The Bertz CT molecular complexity index is 678. The molecular weight excluding hydrogens is 270 g/mol. The molecule has 116 valence electrons. The topological polar surface area (TPSA) is 43.1 Å². The number of fused-ring (bicyclic) bond motifs is 4. The maximum Gasteiger partial charge on any atom is 0.178 e. The molecule has 0 aromatic rings. The number of allylic oxidation sites excluding steroid dienone is 6. The summed E-state index contributed by atoms with van der Waals surface area (Å²) in [6.45, 7) is 4.60. The molecule has 0 aliphatic heterocycles. The Morgan fingerprint density at radius 2 is 2.14 bits per heavy atom. The first kappa shape index (κ1) is 14.2. The van der Waals surface area contributed by atoms with Crippen molar-refractivity contribution < 1.29 is 4.79 Å². The minimum Gasteiger partial charge on any atom is -0.324 e. The van der Waals surface area contributed by atoms with Crippen molar-refractivity contribution in [1.29, 1.82) is 0 Å². The highest BCUT2D eigenvalue weighted by molar-refractivity contribution is 6.01. The minimum absolute atomic E-state index is 0.0741. The number of carbonyl (C=O) groups is 1. The quantitative estimate of drug-likeness (QED) is 0.794. The van der Waals surface area contributed by atoms with Crippen LogP contribution in [0.5, 0.6) is 0 Å². The van der Waals surface area contributed by atoms with Crippen molar-refractivity contribution in [1.82, 2.24) is 0 Å². The van der Waals surface area contributed by atoms with Crippen LogP contribution in [0.1, 0.15) is 52.4 Å². The molecule has 22 heavy (non-hydrogen) atoms. The highest BCUT2D eigenvalue weighted by Gasteiger charge is 2.53. The lowest BCUT2D eigenvalue weighted by Gasteiger charge is -2.48. The highest BCUT2D eigenvalue weighted by Crippen LogP contribution is 2.59. The summed E-state index contributed by atoms with van der Waals surface area (Å²) in [6.07, 6.45) is 14.6. The van der Waals surface area contributed by atoms with Gasteiger partial charge in [0.15, 0.2) is 5.78 Å². The molecule has 0 heterocycles. The fraction of sp³-hybridized carbons (Fsp3) is 0.550. The Morgan fingerprint density at radius 3 is 2.91 bits per heavy atom. The molecule has 0 amide bonds. The lowest BCUT2D eigenvalue weighted by molar-refractivity contribution is -0.110. The third-order valence-electron chi connectivity index (χ3n) is 6.82. The molecule has 0 aromatic carbocycles. The molecule has 2 heteroatoms. The Morgan fingerprint density at radius 1 is 1.32 bits per heavy atom. The average Bonchev–Trinajstić information content (AvgIpc) is 2.79. The summed E-state index contributed by atoms with van der Waals surface area (Å²) in [5.74, 6) is 0.532. The standard InChI is InChI=1S/C20H25NO/c1-3-20(21)11-9-18-17-6-4-13-12-14(22)5-7-15(13)16(17)8-10-19(18,20)2/h5,7,9,12,15H,3-4,6,8,10-11,21H2,1-2H3/t15?,19?,20-/m1/s1. The van der Waals surface area contributed by atoms with E-state index in [9.17, 15) is 4.79 Å². The van der Waals surface area contributed by atoms with Crippen LogP contribution in [-0.2, 0) is 4.79 Å². The molecule has 4 rings (SSSR count). The zero-order chi connectivity index (χ0) is 15.5. The van der Waals surface area contributed by atoms with Gasteiger partial charge in [0.2, 0.25) is 0 Å². The van der Waals surface area contributed by atoms with E-state index in [0.717, 1.165) is 38.5 Å². The summed E-state index contributed by atoms with van der Waals surface area (Å²) < 4.78 is 0. The number of ketones is 1. The van der Waals surface area contributed by atoms with Crippen molar-refractivity contribution in [2.24, 2.45) is 17.1 Å². The maximum absolute atomic E-state index is 11.6. The van der Waals surface area contributed by atoms with E-state index < -0.39 is 0 Å². The normalized spacial score (nSPS) is 40.0. The number of hydrogen-bond donors (Lipinski definition) is 1. The van der Waals surface area contributed by atoms with Crippen LogP contribution in [0.15, 0.2) is 46.6 Å². The second-order valence-corrected chi connectivity index (χ2v) is 7.63. The van der Waals surface area contributed by atoms with Gasteiger partial charge in [0.25, 0.3) is 0 Å². The molecule has 3 atom stereocenters. The average molecular weight is 295 g/mol. The Kier molecular flexibility index (Phi) is 2.93. The van der Waals surface area contributed by atoms with Gasteiger partial charge in [-0.15, -0.1) is 0 Å². The molecule has 0 saturated heterocycles. The van der Waals surface area contributed by atoms with Gasteiger partial charge in [-0.25, -0.2) is 0 Å². The monoisotopic (exact) mass is 295 g/mol. The van der Waals surface area contributed by atoms with E-state index in [1.807, 2.05) is 6.08 Å². The van der Waals surface area contributed by atoms with Crippen molar-refractivity contribution in [3.8, 4) is 0 Å². The van der Waals surface area contributed by atoms with Gasteiger partial charge in [0, 0.05) is 16.9 Å². The lowest BCUT2D eigenvalue weighted by Crippen LogP contribution is -2.52. The van der Waals surface area contributed by atoms with Crippen LogP contribution in [-0.4, -0.2) is 11.3 Å². The molecule has 0 bridgehead atoms. The first-order valence-electron chi connectivity index (χ1n) is 8.63.